The summed E-state index contributed by atoms with van der Waals surface area (Å²) in [6.07, 6.45) is 2.56. The van der Waals surface area contributed by atoms with Crippen LogP contribution in [0.4, 0.5) is 15.8 Å². The van der Waals surface area contributed by atoms with Gasteiger partial charge in [-0.05, 0) is 50.8 Å². The first-order valence-corrected chi connectivity index (χ1v) is 5.89. The lowest BCUT2D eigenvalue weighted by Crippen LogP contribution is -2.33. The van der Waals surface area contributed by atoms with Crippen LogP contribution in [0.25, 0.3) is 0 Å². The van der Waals surface area contributed by atoms with Crippen LogP contribution in [0.5, 0.6) is 0 Å². The molecule has 1 aromatic carbocycles. The maximum absolute atomic E-state index is 13.8. The lowest BCUT2D eigenvalue weighted by molar-refractivity contribution is 0.589. The van der Waals surface area contributed by atoms with Gasteiger partial charge in [0.25, 0.3) is 0 Å². The molecule has 0 saturated heterocycles. The number of rotatable bonds is 4. The minimum Gasteiger partial charge on any atom is -0.399 e. The normalized spacial score (nSPS) is 15.5. The number of nitrogens with two attached hydrogens (primary N) is 1. The fourth-order valence-electron chi connectivity index (χ4n) is 1.92. The SMILES string of the molecule is CC(C)N(CC1CC1)c1ccc(N)cc1F. The quantitative estimate of drug-likeness (QED) is 0.793. The van der Waals surface area contributed by atoms with Crippen molar-refractivity contribution in [2.75, 3.05) is 17.2 Å². The average Bonchev–Trinajstić information content (AvgIpc) is 2.98. The topological polar surface area (TPSA) is 29.3 Å². The number of benzene rings is 1. The summed E-state index contributed by atoms with van der Waals surface area (Å²) in [6, 6.07) is 5.27. The summed E-state index contributed by atoms with van der Waals surface area (Å²) in [6.45, 7) is 5.15. The summed E-state index contributed by atoms with van der Waals surface area (Å²) in [5.41, 5.74) is 6.72. The lowest BCUT2D eigenvalue weighted by atomic mass is 10.2. The molecule has 1 aromatic rings. The molecular formula is C13H19FN2. The molecule has 1 fully saturated rings. The van der Waals surface area contributed by atoms with E-state index < -0.39 is 0 Å². The second-order valence-electron chi connectivity index (χ2n) is 4.90. The fourth-order valence-corrected chi connectivity index (χ4v) is 1.92. The van der Waals surface area contributed by atoms with Crippen molar-refractivity contribution in [3.8, 4) is 0 Å². The van der Waals surface area contributed by atoms with Gasteiger partial charge in [-0.2, -0.15) is 0 Å². The molecule has 88 valence electrons. The van der Waals surface area contributed by atoms with Crippen molar-refractivity contribution in [1.29, 1.82) is 0 Å². The van der Waals surface area contributed by atoms with Crippen molar-refractivity contribution in [2.45, 2.75) is 32.7 Å². The summed E-state index contributed by atoms with van der Waals surface area (Å²) >= 11 is 0. The number of halogens is 1. The van der Waals surface area contributed by atoms with Gasteiger partial charge in [0.2, 0.25) is 0 Å². The highest BCUT2D eigenvalue weighted by atomic mass is 19.1. The highest BCUT2D eigenvalue weighted by Gasteiger charge is 2.26. The van der Waals surface area contributed by atoms with Crippen LogP contribution in [-0.2, 0) is 0 Å². The Morgan fingerprint density at radius 2 is 2.12 bits per heavy atom. The van der Waals surface area contributed by atoms with Gasteiger partial charge in [0.05, 0.1) is 5.69 Å². The Morgan fingerprint density at radius 1 is 1.44 bits per heavy atom. The number of hydrogen-bond acceptors (Lipinski definition) is 2. The van der Waals surface area contributed by atoms with Crippen LogP contribution >= 0.6 is 0 Å². The lowest BCUT2D eigenvalue weighted by Gasteiger charge is -2.29. The standard InChI is InChI=1S/C13H19FN2/c1-9(2)16(8-10-3-4-10)13-6-5-11(15)7-12(13)14/h5-7,9-10H,3-4,8,15H2,1-2H3. The van der Waals surface area contributed by atoms with Crippen LogP contribution in [0, 0.1) is 11.7 Å². The first-order chi connectivity index (χ1) is 7.58. The summed E-state index contributed by atoms with van der Waals surface area (Å²) < 4.78 is 13.8. The van der Waals surface area contributed by atoms with Crippen molar-refractivity contribution in [2.24, 2.45) is 5.92 Å². The highest BCUT2D eigenvalue weighted by molar-refractivity contribution is 5.55. The van der Waals surface area contributed by atoms with Crippen molar-refractivity contribution in [3.63, 3.8) is 0 Å². The van der Waals surface area contributed by atoms with E-state index in [1.807, 2.05) is 0 Å². The Kier molecular flexibility index (Phi) is 3.03. The Bertz CT molecular complexity index is 372. The minimum absolute atomic E-state index is 0.214. The highest BCUT2D eigenvalue weighted by Crippen LogP contribution is 2.33. The molecule has 2 rings (SSSR count). The molecule has 0 aromatic heterocycles. The number of nitrogen functional groups attached to an aromatic ring is 1. The molecule has 0 heterocycles. The second kappa shape index (κ2) is 4.32. The predicted molar refractivity (Wildman–Crippen MR) is 66.0 cm³/mol. The third-order valence-corrected chi connectivity index (χ3v) is 3.06. The Morgan fingerprint density at radius 3 is 2.62 bits per heavy atom. The van der Waals surface area contributed by atoms with Gasteiger partial charge in [-0.15, -0.1) is 0 Å². The van der Waals surface area contributed by atoms with Gasteiger partial charge in [0.1, 0.15) is 5.82 Å². The van der Waals surface area contributed by atoms with Gasteiger partial charge in [0.15, 0.2) is 0 Å². The molecule has 0 radical (unpaired) electrons. The van der Waals surface area contributed by atoms with E-state index in [-0.39, 0.29) is 5.82 Å². The monoisotopic (exact) mass is 222 g/mol. The molecule has 0 aliphatic heterocycles. The molecule has 1 aliphatic rings. The van der Waals surface area contributed by atoms with E-state index in [9.17, 15) is 4.39 Å². The van der Waals surface area contributed by atoms with E-state index in [1.54, 1.807) is 12.1 Å². The van der Waals surface area contributed by atoms with E-state index in [0.717, 1.165) is 12.5 Å². The van der Waals surface area contributed by atoms with E-state index in [2.05, 4.69) is 18.7 Å². The van der Waals surface area contributed by atoms with E-state index >= 15 is 0 Å². The molecule has 2 N–H and O–H groups in total. The van der Waals surface area contributed by atoms with E-state index in [0.29, 0.717) is 17.4 Å². The smallest absolute Gasteiger partial charge is 0.148 e. The largest absolute Gasteiger partial charge is 0.399 e. The molecule has 0 bridgehead atoms. The molecule has 0 atom stereocenters. The first kappa shape index (κ1) is 11.2. The molecule has 2 nitrogen and oxygen atoms in total. The van der Waals surface area contributed by atoms with Crippen LogP contribution in [0.2, 0.25) is 0 Å². The Hall–Kier alpha value is -1.25. The molecule has 1 aliphatic carbocycles. The third-order valence-electron chi connectivity index (χ3n) is 3.06. The van der Waals surface area contributed by atoms with Gasteiger partial charge in [-0.25, -0.2) is 4.39 Å². The van der Waals surface area contributed by atoms with Crippen LogP contribution < -0.4 is 10.6 Å². The summed E-state index contributed by atoms with van der Waals surface area (Å²) in [5.74, 6) is 0.536. The van der Waals surface area contributed by atoms with E-state index in [4.69, 9.17) is 5.73 Å². The third kappa shape index (κ3) is 2.46. The van der Waals surface area contributed by atoms with E-state index in [1.165, 1.54) is 18.9 Å². The molecular weight excluding hydrogens is 203 g/mol. The number of hydrogen-bond donors (Lipinski definition) is 1. The zero-order valence-electron chi connectivity index (χ0n) is 9.91. The fraction of sp³-hybridized carbons (Fsp3) is 0.538. The minimum atomic E-state index is -0.214. The van der Waals surface area contributed by atoms with Gasteiger partial charge in [-0.1, -0.05) is 0 Å². The maximum atomic E-state index is 13.8. The predicted octanol–water partition coefficient (Wildman–Crippen LogP) is 3.03. The van der Waals surface area contributed by atoms with Crippen molar-refractivity contribution in [1.82, 2.24) is 0 Å². The summed E-state index contributed by atoms with van der Waals surface area (Å²) in [7, 11) is 0. The molecule has 16 heavy (non-hydrogen) atoms. The van der Waals surface area contributed by atoms with Crippen LogP contribution in [-0.4, -0.2) is 12.6 Å². The average molecular weight is 222 g/mol. The summed E-state index contributed by atoms with van der Waals surface area (Å²) in [5, 5.41) is 0. The van der Waals surface area contributed by atoms with Crippen LogP contribution in [0.3, 0.4) is 0 Å². The van der Waals surface area contributed by atoms with Crippen LogP contribution in [0.15, 0.2) is 18.2 Å². The zero-order valence-corrected chi connectivity index (χ0v) is 9.91. The van der Waals surface area contributed by atoms with Gasteiger partial charge in [0, 0.05) is 18.3 Å². The van der Waals surface area contributed by atoms with Crippen molar-refractivity contribution in [3.05, 3.63) is 24.0 Å². The first-order valence-electron chi connectivity index (χ1n) is 5.89. The van der Waals surface area contributed by atoms with Crippen LogP contribution in [0.1, 0.15) is 26.7 Å². The zero-order chi connectivity index (χ0) is 11.7. The Balaban J connectivity index is 2.22. The molecule has 1 saturated carbocycles. The Labute approximate surface area is 96.2 Å². The van der Waals surface area contributed by atoms with Gasteiger partial charge >= 0.3 is 0 Å². The molecule has 0 spiro atoms. The molecule has 3 heteroatoms. The van der Waals surface area contributed by atoms with Gasteiger partial charge in [-0.3, -0.25) is 0 Å². The molecule has 0 unspecified atom stereocenters. The van der Waals surface area contributed by atoms with Crippen molar-refractivity contribution < 1.29 is 4.39 Å². The van der Waals surface area contributed by atoms with Crippen molar-refractivity contribution >= 4 is 11.4 Å². The number of nitrogens with zero attached hydrogens (tertiary/aromatic N) is 1. The summed E-state index contributed by atoms with van der Waals surface area (Å²) in [4.78, 5) is 2.13. The maximum Gasteiger partial charge on any atom is 0.148 e. The molecule has 0 amide bonds. The number of anilines is 2. The van der Waals surface area contributed by atoms with Gasteiger partial charge < -0.3 is 10.6 Å². The second-order valence-corrected chi connectivity index (χ2v) is 4.90.